The summed E-state index contributed by atoms with van der Waals surface area (Å²) in [6.07, 6.45) is 2.26. The van der Waals surface area contributed by atoms with E-state index in [0.717, 1.165) is 47.9 Å². The van der Waals surface area contributed by atoms with Crippen LogP contribution in [0.3, 0.4) is 0 Å². The van der Waals surface area contributed by atoms with Crippen molar-refractivity contribution in [2.75, 3.05) is 33.8 Å². The molecule has 0 N–H and O–H groups in total. The van der Waals surface area contributed by atoms with E-state index in [1.807, 2.05) is 41.1 Å². The number of hydrogen-bond donors (Lipinski definition) is 0. The Balaban J connectivity index is 1.59. The summed E-state index contributed by atoms with van der Waals surface area (Å²) in [4.78, 5) is 20.9. The van der Waals surface area contributed by atoms with Gasteiger partial charge in [0.15, 0.2) is 0 Å². The van der Waals surface area contributed by atoms with Crippen LogP contribution in [0.15, 0.2) is 29.6 Å². The van der Waals surface area contributed by atoms with Gasteiger partial charge in [0, 0.05) is 30.6 Å². The lowest BCUT2D eigenvalue weighted by Crippen LogP contribution is -2.37. The number of hydrogen-bond acceptors (Lipinski definition) is 5. The third-order valence-electron chi connectivity index (χ3n) is 4.16. The maximum Gasteiger partial charge on any atom is 0.236 e. The molecule has 0 unspecified atom stereocenters. The second-order valence-electron chi connectivity index (χ2n) is 6.14. The average molecular weight is 345 g/mol. The molecule has 128 valence electrons. The van der Waals surface area contributed by atoms with Crippen molar-refractivity contribution in [2.24, 2.45) is 0 Å². The first-order chi connectivity index (χ1) is 11.7. The van der Waals surface area contributed by atoms with E-state index >= 15 is 0 Å². The van der Waals surface area contributed by atoms with Gasteiger partial charge in [-0.1, -0.05) is 12.1 Å². The molecule has 1 aliphatic heterocycles. The second kappa shape index (κ2) is 7.77. The van der Waals surface area contributed by atoms with Crippen LogP contribution in [-0.4, -0.2) is 54.5 Å². The first-order valence-electron chi connectivity index (χ1n) is 8.21. The quantitative estimate of drug-likeness (QED) is 0.808. The van der Waals surface area contributed by atoms with Crippen molar-refractivity contribution < 1.29 is 9.53 Å². The zero-order chi connectivity index (χ0) is 16.9. The molecule has 3 rings (SSSR count). The van der Waals surface area contributed by atoms with Crippen molar-refractivity contribution in [3.8, 4) is 16.3 Å². The zero-order valence-corrected chi connectivity index (χ0v) is 15.0. The van der Waals surface area contributed by atoms with Crippen LogP contribution in [0.5, 0.6) is 5.75 Å². The van der Waals surface area contributed by atoms with Crippen LogP contribution in [0.25, 0.3) is 10.6 Å². The molecule has 0 atom stereocenters. The number of aromatic nitrogens is 1. The van der Waals surface area contributed by atoms with Gasteiger partial charge >= 0.3 is 0 Å². The van der Waals surface area contributed by atoms with Crippen LogP contribution in [0.1, 0.15) is 18.5 Å². The maximum absolute atomic E-state index is 12.2. The predicted octanol–water partition coefficient (Wildman–Crippen LogP) is 2.87. The number of benzene rings is 1. The van der Waals surface area contributed by atoms with Crippen molar-refractivity contribution in [2.45, 2.75) is 19.4 Å². The van der Waals surface area contributed by atoms with Crippen molar-refractivity contribution >= 4 is 17.2 Å². The number of amides is 1. The van der Waals surface area contributed by atoms with E-state index in [0.29, 0.717) is 13.1 Å². The summed E-state index contributed by atoms with van der Waals surface area (Å²) in [5, 5.41) is 3.04. The number of thiazole rings is 1. The topological polar surface area (TPSA) is 45.7 Å². The van der Waals surface area contributed by atoms with Crippen LogP contribution >= 0.6 is 11.3 Å². The minimum absolute atomic E-state index is 0.221. The lowest BCUT2D eigenvalue weighted by Gasteiger charge is -2.20. The van der Waals surface area contributed by atoms with E-state index in [-0.39, 0.29) is 5.91 Å². The van der Waals surface area contributed by atoms with Crippen molar-refractivity contribution in [3.63, 3.8) is 0 Å². The van der Waals surface area contributed by atoms with E-state index in [1.165, 1.54) is 0 Å². The van der Waals surface area contributed by atoms with Crippen molar-refractivity contribution in [3.05, 3.63) is 35.3 Å². The monoisotopic (exact) mass is 345 g/mol. The SMILES string of the molecule is COc1cccc(-c2nc(CN(C)CC(=O)N3CCCC3)cs2)c1. The highest BCUT2D eigenvalue weighted by atomic mass is 32.1. The molecule has 1 aliphatic rings. The Hall–Kier alpha value is -1.92. The number of rotatable bonds is 6. The summed E-state index contributed by atoms with van der Waals surface area (Å²) >= 11 is 1.62. The molecular weight excluding hydrogens is 322 g/mol. The molecule has 6 heteroatoms. The smallest absolute Gasteiger partial charge is 0.236 e. The Bertz CT molecular complexity index is 695. The van der Waals surface area contributed by atoms with Crippen LogP contribution in [0, 0.1) is 0 Å². The van der Waals surface area contributed by atoms with Gasteiger partial charge < -0.3 is 9.64 Å². The molecule has 1 fully saturated rings. The summed E-state index contributed by atoms with van der Waals surface area (Å²) < 4.78 is 5.27. The summed E-state index contributed by atoms with van der Waals surface area (Å²) in [6.45, 7) is 2.94. The number of likely N-dealkylation sites (tertiary alicyclic amines) is 1. The van der Waals surface area contributed by atoms with Crippen LogP contribution < -0.4 is 4.74 Å². The van der Waals surface area contributed by atoms with Crippen LogP contribution in [0.4, 0.5) is 0 Å². The minimum atomic E-state index is 0.221. The summed E-state index contributed by atoms with van der Waals surface area (Å²) in [5.41, 5.74) is 2.05. The summed E-state index contributed by atoms with van der Waals surface area (Å²) in [7, 11) is 3.64. The lowest BCUT2D eigenvalue weighted by molar-refractivity contribution is -0.131. The van der Waals surface area contributed by atoms with E-state index < -0.39 is 0 Å². The number of ether oxygens (including phenoxy) is 1. The molecule has 24 heavy (non-hydrogen) atoms. The number of nitrogens with zero attached hydrogens (tertiary/aromatic N) is 3. The molecule has 0 saturated carbocycles. The zero-order valence-electron chi connectivity index (χ0n) is 14.2. The molecule has 0 radical (unpaired) electrons. The van der Waals surface area contributed by atoms with Gasteiger partial charge in [-0.25, -0.2) is 4.98 Å². The molecule has 1 aromatic carbocycles. The van der Waals surface area contributed by atoms with Gasteiger partial charge in [-0.05, 0) is 32.0 Å². The molecule has 1 amide bonds. The number of carbonyl (C=O) groups excluding carboxylic acids is 1. The van der Waals surface area contributed by atoms with Gasteiger partial charge in [-0.15, -0.1) is 11.3 Å². The molecule has 0 bridgehead atoms. The molecule has 1 aromatic heterocycles. The molecule has 5 nitrogen and oxygen atoms in total. The van der Waals surface area contributed by atoms with Gasteiger partial charge in [0.2, 0.25) is 5.91 Å². The highest BCUT2D eigenvalue weighted by Gasteiger charge is 2.19. The fourth-order valence-corrected chi connectivity index (χ4v) is 3.71. The standard InChI is InChI=1S/C18H23N3O2S/c1-20(12-17(22)21-8-3-4-9-21)11-15-13-24-18(19-15)14-6-5-7-16(10-14)23-2/h5-7,10,13H,3-4,8-9,11-12H2,1-2H3. The first kappa shape index (κ1) is 16.9. The van der Waals surface area contributed by atoms with Gasteiger partial charge in [0.25, 0.3) is 0 Å². The third-order valence-corrected chi connectivity index (χ3v) is 5.10. The van der Waals surface area contributed by atoms with E-state index in [9.17, 15) is 4.79 Å². The normalized spacial score (nSPS) is 14.4. The molecule has 0 spiro atoms. The number of likely N-dealkylation sites (N-methyl/N-ethyl adjacent to an activating group) is 1. The highest BCUT2D eigenvalue weighted by molar-refractivity contribution is 7.13. The highest BCUT2D eigenvalue weighted by Crippen LogP contribution is 2.27. The minimum Gasteiger partial charge on any atom is -0.497 e. The van der Waals surface area contributed by atoms with Crippen molar-refractivity contribution in [1.82, 2.24) is 14.8 Å². The van der Waals surface area contributed by atoms with Crippen LogP contribution in [0.2, 0.25) is 0 Å². The molecule has 1 saturated heterocycles. The summed E-state index contributed by atoms with van der Waals surface area (Å²) in [6, 6.07) is 7.92. The van der Waals surface area contributed by atoms with Gasteiger partial charge in [0.05, 0.1) is 19.3 Å². The van der Waals surface area contributed by atoms with E-state index in [2.05, 4.69) is 5.38 Å². The van der Waals surface area contributed by atoms with Crippen molar-refractivity contribution in [1.29, 1.82) is 0 Å². The van der Waals surface area contributed by atoms with Crippen LogP contribution in [-0.2, 0) is 11.3 Å². The fraction of sp³-hybridized carbons (Fsp3) is 0.444. The Morgan fingerprint density at radius 1 is 1.38 bits per heavy atom. The largest absolute Gasteiger partial charge is 0.497 e. The molecule has 0 aliphatic carbocycles. The Morgan fingerprint density at radius 3 is 2.92 bits per heavy atom. The number of carbonyl (C=O) groups is 1. The average Bonchev–Trinajstić information content (AvgIpc) is 3.26. The first-order valence-corrected chi connectivity index (χ1v) is 9.09. The van der Waals surface area contributed by atoms with Gasteiger partial charge in [-0.2, -0.15) is 0 Å². The third kappa shape index (κ3) is 4.13. The fourth-order valence-electron chi connectivity index (χ4n) is 2.90. The maximum atomic E-state index is 12.2. The molecule has 2 aromatic rings. The van der Waals surface area contributed by atoms with E-state index in [1.54, 1.807) is 18.4 Å². The Kier molecular flexibility index (Phi) is 5.48. The van der Waals surface area contributed by atoms with E-state index in [4.69, 9.17) is 9.72 Å². The Morgan fingerprint density at radius 2 is 2.17 bits per heavy atom. The van der Waals surface area contributed by atoms with Gasteiger partial charge in [0.1, 0.15) is 10.8 Å². The second-order valence-corrected chi connectivity index (χ2v) is 6.99. The van der Waals surface area contributed by atoms with Gasteiger partial charge in [-0.3, -0.25) is 9.69 Å². The molecular formula is C18H23N3O2S. The lowest BCUT2D eigenvalue weighted by atomic mass is 10.2. The Labute approximate surface area is 146 Å². The number of methoxy groups -OCH3 is 1. The molecule has 2 heterocycles. The predicted molar refractivity (Wildman–Crippen MR) is 96.3 cm³/mol. The summed E-state index contributed by atoms with van der Waals surface area (Å²) in [5.74, 6) is 1.05.